The van der Waals surface area contributed by atoms with E-state index in [0.29, 0.717) is 6.61 Å². The van der Waals surface area contributed by atoms with Crippen molar-refractivity contribution in [1.29, 1.82) is 0 Å². The largest absolute Gasteiger partial charge is 0.465 e. The average Bonchev–Trinajstić information content (AvgIpc) is 2.40. The number of carbonyl (C=O) groups is 1. The van der Waals surface area contributed by atoms with Crippen molar-refractivity contribution < 1.29 is 9.53 Å². The lowest BCUT2D eigenvalue weighted by molar-refractivity contribution is -0.149. The third-order valence-corrected chi connectivity index (χ3v) is 3.76. The van der Waals surface area contributed by atoms with Crippen molar-refractivity contribution in [3.8, 4) is 0 Å². The lowest BCUT2D eigenvalue weighted by atomic mass is 9.78. The second kappa shape index (κ2) is 7.57. The number of unbranched alkanes of at least 4 members (excludes halogenated alkanes) is 1. The Hall–Kier alpha value is -0.830. The summed E-state index contributed by atoms with van der Waals surface area (Å²) in [4.78, 5) is 12.2. The Balaban J connectivity index is 2.90. The maximum absolute atomic E-state index is 12.2. The summed E-state index contributed by atoms with van der Waals surface area (Å²) in [5, 5.41) is 0.973. The van der Waals surface area contributed by atoms with Crippen LogP contribution in [-0.2, 0) is 14.9 Å². The summed E-state index contributed by atoms with van der Waals surface area (Å²) in [5.41, 5.74) is 0.512. The van der Waals surface area contributed by atoms with Crippen LogP contribution in [0.3, 0.4) is 0 Å². The second-order valence-corrected chi connectivity index (χ2v) is 5.36. The zero-order valence-electron chi connectivity index (χ0n) is 11.1. The molecule has 0 aliphatic carbocycles. The van der Waals surface area contributed by atoms with E-state index in [-0.39, 0.29) is 5.97 Å². The summed E-state index contributed by atoms with van der Waals surface area (Å²) in [6, 6.07) is 9.91. The molecule has 0 aliphatic rings. The van der Waals surface area contributed by atoms with Crippen LogP contribution in [0.2, 0.25) is 0 Å². The third-order valence-electron chi connectivity index (χ3n) is 3.20. The smallest absolute Gasteiger partial charge is 0.316 e. The second-order valence-electron chi connectivity index (χ2n) is 4.56. The summed E-state index contributed by atoms with van der Waals surface area (Å²) in [7, 11) is 0. The molecule has 1 aromatic rings. The van der Waals surface area contributed by atoms with Gasteiger partial charge in [-0.15, -0.1) is 0 Å². The fourth-order valence-electron chi connectivity index (χ4n) is 2.03. The number of benzene rings is 1. The van der Waals surface area contributed by atoms with Gasteiger partial charge in [-0.25, -0.2) is 0 Å². The van der Waals surface area contributed by atoms with Crippen LogP contribution in [-0.4, -0.2) is 17.9 Å². The third kappa shape index (κ3) is 3.84. The molecule has 0 heterocycles. The Kier molecular flexibility index (Phi) is 6.41. The molecule has 1 atom stereocenters. The lowest BCUT2D eigenvalue weighted by Crippen LogP contribution is -2.34. The molecule has 2 nitrogen and oxygen atoms in total. The van der Waals surface area contributed by atoms with E-state index in [1.54, 1.807) is 0 Å². The lowest BCUT2D eigenvalue weighted by Gasteiger charge is -2.27. The molecule has 3 heteroatoms. The molecule has 1 aromatic carbocycles. The van der Waals surface area contributed by atoms with Gasteiger partial charge in [0.05, 0.1) is 12.0 Å². The van der Waals surface area contributed by atoms with Crippen LogP contribution in [0.25, 0.3) is 0 Å². The maximum Gasteiger partial charge on any atom is 0.316 e. The van der Waals surface area contributed by atoms with Gasteiger partial charge >= 0.3 is 5.97 Å². The molecule has 0 saturated carbocycles. The Morgan fingerprint density at radius 1 is 1.28 bits per heavy atom. The maximum atomic E-state index is 12.2. The fraction of sp³-hybridized carbons (Fsp3) is 0.533. The van der Waals surface area contributed by atoms with E-state index in [1.807, 2.05) is 44.2 Å². The van der Waals surface area contributed by atoms with Gasteiger partial charge in [0.2, 0.25) is 0 Å². The van der Waals surface area contributed by atoms with Gasteiger partial charge in [0.25, 0.3) is 0 Å². The number of alkyl halides is 1. The Bertz CT molecular complexity index is 364. The van der Waals surface area contributed by atoms with Gasteiger partial charge < -0.3 is 4.74 Å². The van der Waals surface area contributed by atoms with Gasteiger partial charge in [-0.2, -0.15) is 0 Å². The molecular formula is C15H21BrO2. The van der Waals surface area contributed by atoms with Gasteiger partial charge in [0, 0.05) is 5.33 Å². The number of hydrogen-bond acceptors (Lipinski definition) is 2. The fourth-order valence-corrected chi connectivity index (χ4v) is 2.43. The van der Waals surface area contributed by atoms with Gasteiger partial charge in [-0.1, -0.05) is 52.7 Å². The zero-order valence-corrected chi connectivity index (χ0v) is 12.7. The van der Waals surface area contributed by atoms with Crippen molar-refractivity contribution in [2.45, 2.75) is 38.5 Å². The van der Waals surface area contributed by atoms with Crippen molar-refractivity contribution in [1.82, 2.24) is 0 Å². The van der Waals surface area contributed by atoms with Crippen LogP contribution < -0.4 is 0 Å². The molecule has 0 aromatic heterocycles. The Labute approximate surface area is 118 Å². The highest BCUT2D eigenvalue weighted by Gasteiger charge is 2.35. The minimum atomic E-state index is -0.528. The standard InChI is InChI=1S/C15H21BrO2/c1-3-18-14(17)15(2,11-7-8-12-16)13-9-5-4-6-10-13/h4-6,9-10H,3,7-8,11-12H2,1-2H3/t15-/m1/s1. The number of carbonyl (C=O) groups excluding carboxylic acids is 1. The van der Waals surface area contributed by atoms with E-state index >= 15 is 0 Å². The molecular weight excluding hydrogens is 292 g/mol. The average molecular weight is 313 g/mol. The van der Waals surface area contributed by atoms with Crippen LogP contribution in [0, 0.1) is 0 Å². The van der Waals surface area contributed by atoms with Crippen molar-refractivity contribution >= 4 is 21.9 Å². The van der Waals surface area contributed by atoms with E-state index in [2.05, 4.69) is 15.9 Å². The summed E-state index contributed by atoms with van der Waals surface area (Å²) < 4.78 is 5.24. The Morgan fingerprint density at radius 2 is 1.94 bits per heavy atom. The van der Waals surface area contributed by atoms with Gasteiger partial charge in [0.1, 0.15) is 0 Å². The highest BCUT2D eigenvalue weighted by molar-refractivity contribution is 9.09. The first-order chi connectivity index (χ1) is 8.65. The molecule has 0 aliphatic heterocycles. The highest BCUT2D eigenvalue weighted by Crippen LogP contribution is 2.31. The van der Waals surface area contributed by atoms with Crippen molar-refractivity contribution in [3.05, 3.63) is 35.9 Å². The van der Waals surface area contributed by atoms with Crippen LogP contribution >= 0.6 is 15.9 Å². The quantitative estimate of drug-likeness (QED) is 0.431. The molecule has 18 heavy (non-hydrogen) atoms. The number of hydrogen-bond donors (Lipinski definition) is 0. The molecule has 0 unspecified atom stereocenters. The number of esters is 1. The highest BCUT2D eigenvalue weighted by atomic mass is 79.9. The van der Waals surface area contributed by atoms with Gasteiger partial charge in [-0.3, -0.25) is 4.79 Å². The van der Waals surface area contributed by atoms with E-state index in [4.69, 9.17) is 4.74 Å². The molecule has 100 valence electrons. The van der Waals surface area contributed by atoms with Crippen LogP contribution in [0.1, 0.15) is 38.7 Å². The molecule has 0 amide bonds. The first-order valence-corrected chi connectivity index (χ1v) is 7.56. The normalized spacial score (nSPS) is 13.9. The van der Waals surface area contributed by atoms with Crippen molar-refractivity contribution in [2.24, 2.45) is 0 Å². The van der Waals surface area contributed by atoms with Crippen LogP contribution in [0.4, 0.5) is 0 Å². The first-order valence-electron chi connectivity index (χ1n) is 6.44. The summed E-state index contributed by atoms with van der Waals surface area (Å²) in [6.07, 6.45) is 2.90. The van der Waals surface area contributed by atoms with E-state index in [9.17, 15) is 4.79 Å². The Morgan fingerprint density at radius 3 is 2.50 bits per heavy atom. The molecule has 0 N–H and O–H groups in total. The number of ether oxygens (including phenoxy) is 1. The minimum absolute atomic E-state index is 0.120. The molecule has 0 radical (unpaired) electrons. The number of halogens is 1. The zero-order chi connectivity index (χ0) is 13.4. The monoisotopic (exact) mass is 312 g/mol. The summed E-state index contributed by atoms with van der Waals surface area (Å²) in [5.74, 6) is -0.120. The first kappa shape index (κ1) is 15.2. The molecule has 1 rings (SSSR count). The van der Waals surface area contributed by atoms with E-state index in [1.165, 1.54) is 0 Å². The van der Waals surface area contributed by atoms with Crippen LogP contribution in [0.15, 0.2) is 30.3 Å². The molecule has 0 saturated heterocycles. The molecule has 0 fully saturated rings. The number of rotatable bonds is 7. The topological polar surface area (TPSA) is 26.3 Å². The summed E-state index contributed by atoms with van der Waals surface area (Å²) >= 11 is 3.42. The van der Waals surface area contributed by atoms with Crippen molar-refractivity contribution in [3.63, 3.8) is 0 Å². The van der Waals surface area contributed by atoms with E-state index < -0.39 is 5.41 Å². The van der Waals surface area contributed by atoms with E-state index in [0.717, 1.165) is 30.2 Å². The van der Waals surface area contributed by atoms with Gasteiger partial charge in [0.15, 0.2) is 0 Å². The van der Waals surface area contributed by atoms with Crippen molar-refractivity contribution in [2.75, 3.05) is 11.9 Å². The summed E-state index contributed by atoms with van der Waals surface area (Å²) in [6.45, 7) is 4.26. The molecule has 0 bridgehead atoms. The predicted molar refractivity (Wildman–Crippen MR) is 78.1 cm³/mol. The minimum Gasteiger partial charge on any atom is -0.465 e. The predicted octanol–water partition coefficient (Wildman–Crippen LogP) is 4.07. The van der Waals surface area contributed by atoms with Crippen LogP contribution in [0.5, 0.6) is 0 Å². The SMILES string of the molecule is CCOC(=O)[C@](C)(CCCCBr)c1ccccc1. The van der Waals surface area contributed by atoms with Gasteiger partial charge in [-0.05, 0) is 32.3 Å². The molecule has 0 spiro atoms.